The lowest BCUT2D eigenvalue weighted by Gasteiger charge is -2.08. The zero-order valence-electron chi connectivity index (χ0n) is 5.65. The van der Waals surface area contributed by atoms with E-state index in [1.54, 1.807) is 0 Å². The highest BCUT2D eigenvalue weighted by atomic mass is 31.2. The fourth-order valence-corrected chi connectivity index (χ4v) is 1.36. The topological polar surface area (TPSA) is 106 Å². The Labute approximate surface area is 58.8 Å². The van der Waals surface area contributed by atoms with Crippen molar-refractivity contribution in [1.82, 2.24) is 0 Å². The van der Waals surface area contributed by atoms with Crippen LogP contribution in [0.1, 0.15) is 0 Å². The number of rotatable bonds is 3. The summed E-state index contributed by atoms with van der Waals surface area (Å²) in [5.41, 5.74) is 9.84. The summed E-state index contributed by atoms with van der Waals surface area (Å²) in [6.45, 7) is 1.13. The standard InChI is InChI=1S/C4H11N2O3P/c1-10(8,9)2-3(5)4(6)7/h3H,2,5H2,1H3,(H2,6,7)(H,8,9). The predicted molar refractivity (Wildman–Crippen MR) is 37.8 cm³/mol. The fraction of sp³-hybridized carbons (Fsp3) is 0.750. The van der Waals surface area contributed by atoms with Crippen LogP contribution in [0.25, 0.3) is 0 Å². The van der Waals surface area contributed by atoms with Gasteiger partial charge in [-0.25, -0.2) is 0 Å². The molecule has 0 aliphatic rings. The minimum absolute atomic E-state index is 0.248. The monoisotopic (exact) mass is 166 g/mol. The van der Waals surface area contributed by atoms with Crippen molar-refractivity contribution >= 4 is 13.3 Å². The largest absolute Gasteiger partial charge is 0.368 e. The van der Waals surface area contributed by atoms with Gasteiger partial charge in [-0.15, -0.1) is 0 Å². The molecular weight excluding hydrogens is 155 g/mol. The van der Waals surface area contributed by atoms with Crippen LogP contribution in [0.5, 0.6) is 0 Å². The molecule has 0 fully saturated rings. The predicted octanol–water partition coefficient (Wildman–Crippen LogP) is -1.30. The van der Waals surface area contributed by atoms with Crippen LogP contribution in [0.2, 0.25) is 0 Å². The van der Waals surface area contributed by atoms with Crippen LogP contribution in [0.4, 0.5) is 0 Å². The second-order valence-electron chi connectivity index (χ2n) is 2.24. The number of carbonyl (C=O) groups is 1. The molecule has 2 atom stereocenters. The summed E-state index contributed by atoms with van der Waals surface area (Å²) in [7, 11) is -3.20. The van der Waals surface area contributed by atoms with E-state index in [1.165, 1.54) is 0 Å². The maximum atomic E-state index is 10.6. The van der Waals surface area contributed by atoms with Gasteiger partial charge < -0.3 is 16.4 Å². The van der Waals surface area contributed by atoms with Crippen LogP contribution in [-0.4, -0.2) is 29.7 Å². The molecule has 0 aliphatic heterocycles. The number of carbonyl (C=O) groups excluding carboxylic acids is 1. The van der Waals surface area contributed by atoms with Crippen LogP contribution in [0, 0.1) is 0 Å². The molecule has 0 heterocycles. The van der Waals surface area contributed by atoms with Crippen molar-refractivity contribution in [2.75, 3.05) is 12.8 Å². The lowest BCUT2D eigenvalue weighted by Crippen LogP contribution is -2.39. The Morgan fingerprint density at radius 1 is 1.80 bits per heavy atom. The molecule has 0 radical (unpaired) electrons. The van der Waals surface area contributed by atoms with Gasteiger partial charge in [0.25, 0.3) is 0 Å². The fourth-order valence-electron chi connectivity index (χ4n) is 0.455. The van der Waals surface area contributed by atoms with Crippen molar-refractivity contribution in [2.24, 2.45) is 11.5 Å². The molecule has 5 nitrogen and oxygen atoms in total. The summed E-state index contributed by atoms with van der Waals surface area (Å²) in [6, 6.07) is -1.01. The molecule has 60 valence electrons. The van der Waals surface area contributed by atoms with E-state index in [-0.39, 0.29) is 6.16 Å². The third-order valence-corrected chi connectivity index (χ3v) is 1.97. The van der Waals surface area contributed by atoms with Crippen molar-refractivity contribution in [3.8, 4) is 0 Å². The Balaban J connectivity index is 3.93. The van der Waals surface area contributed by atoms with Crippen LogP contribution in [-0.2, 0) is 9.36 Å². The van der Waals surface area contributed by atoms with Gasteiger partial charge >= 0.3 is 0 Å². The van der Waals surface area contributed by atoms with Crippen molar-refractivity contribution < 1.29 is 14.3 Å². The first kappa shape index (κ1) is 9.62. The lowest BCUT2D eigenvalue weighted by atomic mass is 10.3. The van der Waals surface area contributed by atoms with Crippen molar-refractivity contribution in [1.29, 1.82) is 0 Å². The Morgan fingerprint density at radius 3 is 2.30 bits per heavy atom. The molecule has 0 rings (SSSR count). The minimum Gasteiger partial charge on any atom is -0.368 e. The SMILES string of the molecule is CP(=O)(O)CC(N)C(N)=O. The van der Waals surface area contributed by atoms with Gasteiger partial charge in [0.2, 0.25) is 5.91 Å². The van der Waals surface area contributed by atoms with E-state index >= 15 is 0 Å². The molecule has 0 saturated heterocycles. The highest BCUT2D eigenvalue weighted by Gasteiger charge is 2.19. The Hall–Kier alpha value is -0.380. The number of hydrogen-bond donors (Lipinski definition) is 3. The number of primary amides is 1. The molecule has 0 saturated carbocycles. The third-order valence-electron chi connectivity index (χ3n) is 0.901. The molecule has 0 spiro atoms. The second-order valence-corrected chi connectivity index (χ2v) is 4.71. The van der Waals surface area contributed by atoms with Crippen LogP contribution >= 0.6 is 7.37 Å². The first-order valence-corrected chi connectivity index (χ1v) is 4.96. The van der Waals surface area contributed by atoms with Gasteiger partial charge in [-0.1, -0.05) is 0 Å². The molecule has 0 aromatic carbocycles. The van der Waals surface area contributed by atoms with Gasteiger partial charge in [-0.3, -0.25) is 9.36 Å². The molecule has 0 aromatic rings. The number of hydrogen-bond acceptors (Lipinski definition) is 3. The van der Waals surface area contributed by atoms with E-state index in [4.69, 9.17) is 16.4 Å². The molecule has 0 bridgehead atoms. The zero-order chi connectivity index (χ0) is 8.36. The summed E-state index contributed by atoms with van der Waals surface area (Å²) in [4.78, 5) is 18.9. The zero-order valence-corrected chi connectivity index (χ0v) is 6.54. The van der Waals surface area contributed by atoms with Gasteiger partial charge in [0, 0.05) is 12.8 Å². The minimum atomic E-state index is -3.20. The van der Waals surface area contributed by atoms with E-state index in [2.05, 4.69) is 0 Å². The summed E-state index contributed by atoms with van der Waals surface area (Å²) >= 11 is 0. The average molecular weight is 166 g/mol. The number of amides is 1. The van der Waals surface area contributed by atoms with Gasteiger partial charge in [0.1, 0.15) is 0 Å². The first-order valence-electron chi connectivity index (χ1n) is 2.67. The maximum Gasteiger partial charge on any atom is 0.234 e. The van der Waals surface area contributed by atoms with Crippen LogP contribution in [0.3, 0.4) is 0 Å². The highest BCUT2D eigenvalue weighted by molar-refractivity contribution is 7.57. The molecular formula is C4H11N2O3P. The molecule has 0 aliphatic carbocycles. The van der Waals surface area contributed by atoms with E-state index in [0.29, 0.717) is 0 Å². The van der Waals surface area contributed by atoms with Crippen molar-refractivity contribution in [3.63, 3.8) is 0 Å². The summed E-state index contributed by atoms with van der Waals surface area (Å²) in [6.07, 6.45) is -0.248. The van der Waals surface area contributed by atoms with E-state index in [0.717, 1.165) is 6.66 Å². The summed E-state index contributed by atoms with van der Waals surface area (Å²) in [5, 5.41) is 0. The molecule has 5 N–H and O–H groups in total. The third kappa shape index (κ3) is 4.49. The van der Waals surface area contributed by atoms with Gasteiger partial charge in [-0.2, -0.15) is 0 Å². The molecule has 6 heteroatoms. The number of nitrogens with two attached hydrogens (primary N) is 2. The van der Waals surface area contributed by atoms with Crippen molar-refractivity contribution in [2.45, 2.75) is 6.04 Å². The quantitative estimate of drug-likeness (QED) is 0.453. The van der Waals surface area contributed by atoms with E-state index in [1.807, 2.05) is 0 Å². The highest BCUT2D eigenvalue weighted by Crippen LogP contribution is 2.34. The molecule has 2 unspecified atom stereocenters. The Morgan fingerprint density at radius 2 is 2.20 bits per heavy atom. The molecule has 1 amide bonds. The Bertz CT molecular complexity index is 175. The van der Waals surface area contributed by atoms with E-state index < -0.39 is 19.3 Å². The Kier molecular flexibility index (Phi) is 3.02. The van der Waals surface area contributed by atoms with Gasteiger partial charge in [0.05, 0.1) is 6.04 Å². The van der Waals surface area contributed by atoms with Crippen molar-refractivity contribution in [3.05, 3.63) is 0 Å². The molecule has 0 aromatic heterocycles. The lowest BCUT2D eigenvalue weighted by molar-refractivity contribution is -0.118. The summed E-state index contributed by atoms with van der Waals surface area (Å²) in [5.74, 6) is -0.754. The van der Waals surface area contributed by atoms with E-state index in [9.17, 15) is 9.36 Å². The van der Waals surface area contributed by atoms with Gasteiger partial charge in [0.15, 0.2) is 7.37 Å². The smallest absolute Gasteiger partial charge is 0.234 e. The average Bonchev–Trinajstić information content (AvgIpc) is 1.60. The normalized spacial score (nSPS) is 19.5. The van der Waals surface area contributed by atoms with Gasteiger partial charge in [-0.05, 0) is 0 Å². The van der Waals surface area contributed by atoms with Crippen LogP contribution < -0.4 is 11.5 Å². The summed E-state index contributed by atoms with van der Waals surface area (Å²) < 4.78 is 10.6. The molecule has 10 heavy (non-hydrogen) atoms. The van der Waals surface area contributed by atoms with Crippen LogP contribution in [0.15, 0.2) is 0 Å². The first-order chi connectivity index (χ1) is 4.33. The second kappa shape index (κ2) is 3.14. The maximum absolute atomic E-state index is 10.6.